The number of rotatable bonds is 6. The summed E-state index contributed by atoms with van der Waals surface area (Å²) in [7, 11) is 0. The fraction of sp³-hybridized carbons (Fsp3) is 0.429. The Balaban J connectivity index is 1.73. The number of hydrogen-bond acceptors (Lipinski definition) is 6. The van der Waals surface area contributed by atoms with Gasteiger partial charge in [-0.25, -0.2) is 0 Å². The van der Waals surface area contributed by atoms with Gasteiger partial charge in [0.2, 0.25) is 17.7 Å². The van der Waals surface area contributed by atoms with Crippen LogP contribution in [0.15, 0.2) is 51.4 Å². The lowest BCUT2D eigenvalue weighted by Crippen LogP contribution is -2.36. The van der Waals surface area contributed by atoms with Crippen LogP contribution in [0.1, 0.15) is 40.3 Å². The molecular formula is C21H28N7O+. The lowest BCUT2D eigenvalue weighted by Gasteiger charge is -2.20. The van der Waals surface area contributed by atoms with Gasteiger partial charge in [0.1, 0.15) is 0 Å². The van der Waals surface area contributed by atoms with Crippen LogP contribution >= 0.6 is 0 Å². The first-order chi connectivity index (χ1) is 13.6. The van der Waals surface area contributed by atoms with Crippen molar-refractivity contribution in [2.75, 3.05) is 6.54 Å². The Morgan fingerprint density at radius 2 is 2.03 bits per heavy atom. The molecule has 0 radical (unpaired) electrons. The fourth-order valence-electron chi connectivity index (χ4n) is 2.94. The van der Waals surface area contributed by atoms with E-state index in [-0.39, 0.29) is 10.8 Å². The maximum atomic E-state index is 5.33. The molecule has 2 aromatic heterocycles. The lowest BCUT2D eigenvalue weighted by atomic mass is 9.87. The largest absolute Gasteiger partial charge is 0.442 e. The van der Waals surface area contributed by atoms with Crippen molar-refractivity contribution in [3.63, 3.8) is 0 Å². The molecule has 0 bridgehead atoms. The molecule has 152 valence electrons. The number of nitrogens with zero attached hydrogens (tertiary/aromatic N) is 6. The number of hydrazine groups is 1. The lowest BCUT2D eigenvalue weighted by molar-refractivity contribution is -0.574. The van der Waals surface area contributed by atoms with Crippen molar-refractivity contribution in [1.29, 1.82) is 0 Å². The van der Waals surface area contributed by atoms with Gasteiger partial charge in [0, 0.05) is 24.1 Å². The molecule has 29 heavy (non-hydrogen) atoms. The van der Waals surface area contributed by atoms with E-state index in [9.17, 15) is 0 Å². The van der Waals surface area contributed by atoms with Gasteiger partial charge < -0.3 is 4.42 Å². The van der Waals surface area contributed by atoms with Crippen LogP contribution in [-0.2, 0) is 6.42 Å². The highest BCUT2D eigenvalue weighted by atomic mass is 16.3. The second-order valence-electron chi connectivity index (χ2n) is 9.00. The molecule has 1 aliphatic rings. The Kier molecular flexibility index (Phi) is 5.72. The van der Waals surface area contributed by atoms with Crippen LogP contribution in [-0.4, -0.2) is 44.7 Å². The van der Waals surface area contributed by atoms with Gasteiger partial charge >= 0.3 is 0 Å². The normalized spacial score (nSPS) is 18.0. The summed E-state index contributed by atoms with van der Waals surface area (Å²) < 4.78 is 7.35. The monoisotopic (exact) mass is 394 g/mol. The quantitative estimate of drug-likeness (QED) is 0.461. The van der Waals surface area contributed by atoms with Crippen LogP contribution in [0, 0.1) is 10.8 Å². The predicted octanol–water partition coefficient (Wildman–Crippen LogP) is 3.33. The molecule has 0 aliphatic carbocycles. The SMILES string of the molecule is C=C/C=C1/C=[N+](CC(C)(C)Cc2cc3ocnc3nn2)N/C1=N/N=C/C(C)(C)C. The number of allylic oxidation sites excluding steroid dienone is 2. The van der Waals surface area contributed by atoms with E-state index < -0.39 is 0 Å². The van der Waals surface area contributed by atoms with Gasteiger partial charge in [-0.2, -0.15) is 15.2 Å². The minimum absolute atomic E-state index is 0.0258. The van der Waals surface area contributed by atoms with E-state index in [0.717, 1.165) is 24.2 Å². The van der Waals surface area contributed by atoms with Crippen molar-refractivity contribution in [2.24, 2.45) is 21.0 Å². The fourth-order valence-corrected chi connectivity index (χ4v) is 2.94. The molecule has 0 aromatic carbocycles. The zero-order valence-electron chi connectivity index (χ0n) is 17.7. The highest BCUT2D eigenvalue weighted by Crippen LogP contribution is 2.23. The molecule has 1 N–H and O–H groups in total. The topological polar surface area (TPSA) is 91.6 Å². The number of nitrogens with one attached hydrogen (secondary N) is 1. The van der Waals surface area contributed by atoms with Crippen molar-refractivity contribution in [1.82, 2.24) is 20.6 Å². The van der Waals surface area contributed by atoms with Crippen LogP contribution in [0.2, 0.25) is 0 Å². The molecular weight excluding hydrogens is 366 g/mol. The first-order valence-corrected chi connectivity index (χ1v) is 9.54. The van der Waals surface area contributed by atoms with Crippen molar-refractivity contribution in [2.45, 2.75) is 41.0 Å². The van der Waals surface area contributed by atoms with Crippen LogP contribution in [0.5, 0.6) is 0 Å². The standard InChI is InChI=1S/C21H28N7O/c1-7-8-15-11-28(27-18(15)25-23-12-20(2,3)4)13-21(5,6)10-16-9-17-19(26-24-16)22-14-29-17/h7-9,11-12,14H,1,10,13H2,2-6H3,(H,25,27)/q+1/b15-8-,23-12+. The zero-order chi connectivity index (χ0) is 21.1. The van der Waals surface area contributed by atoms with Crippen LogP contribution in [0.25, 0.3) is 11.2 Å². The van der Waals surface area contributed by atoms with E-state index in [1.165, 1.54) is 6.39 Å². The molecule has 0 unspecified atom stereocenters. The summed E-state index contributed by atoms with van der Waals surface area (Å²) in [5, 5.41) is 17.0. The summed E-state index contributed by atoms with van der Waals surface area (Å²) in [5.74, 6) is 0.698. The molecule has 0 fully saturated rings. The summed E-state index contributed by atoms with van der Waals surface area (Å²) in [6.45, 7) is 15.1. The summed E-state index contributed by atoms with van der Waals surface area (Å²) >= 11 is 0. The number of oxazole rings is 1. The Bertz CT molecular complexity index is 1020. The molecule has 0 saturated carbocycles. The Morgan fingerprint density at radius 1 is 1.24 bits per heavy atom. The third kappa shape index (κ3) is 5.66. The first-order valence-electron chi connectivity index (χ1n) is 9.54. The molecule has 8 nitrogen and oxygen atoms in total. The van der Waals surface area contributed by atoms with Crippen molar-refractivity contribution < 1.29 is 9.10 Å². The van der Waals surface area contributed by atoms with Crippen LogP contribution in [0.4, 0.5) is 0 Å². The number of hydrogen-bond donors (Lipinski definition) is 1. The number of fused-ring (bicyclic) bond motifs is 1. The third-order valence-electron chi connectivity index (χ3n) is 4.12. The van der Waals surface area contributed by atoms with Gasteiger partial charge in [-0.05, 0) is 11.5 Å². The minimum atomic E-state index is -0.0880. The Morgan fingerprint density at radius 3 is 2.76 bits per heavy atom. The summed E-state index contributed by atoms with van der Waals surface area (Å²) in [6, 6.07) is 1.90. The first kappa shape index (κ1) is 20.6. The van der Waals surface area contributed by atoms with E-state index in [4.69, 9.17) is 4.42 Å². The summed E-state index contributed by atoms with van der Waals surface area (Å²) in [5.41, 5.74) is 6.18. The van der Waals surface area contributed by atoms with E-state index in [1.807, 2.05) is 29.3 Å². The molecule has 3 rings (SSSR count). The number of hydrazone groups is 1. The minimum Gasteiger partial charge on any atom is -0.442 e. The van der Waals surface area contributed by atoms with Crippen LogP contribution < -0.4 is 5.43 Å². The maximum Gasteiger partial charge on any atom is 0.220 e. The molecule has 0 saturated heterocycles. The van der Waals surface area contributed by atoms with E-state index in [2.05, 4.69) is 72.0 Å². The van der Waals surface area contributed by atoms with E-state index in [1.54, 1.807) is 6.08 Å². The van der Waals surface area contributed by atoms with Crippen LogP contribution in [0.3, 0.4) is 0 Å². The van der Waals surface area contributed by atoms with E-state index >= 15 is 0 Å². The van der Waals surface area contributed by atoms with Gasteiger partial charge in [-0.3, -0.25) is 0 Å². The number of amidine groups is 1. The molecule has 1 aliphatic heterocycles. The molecule has 0 atom stereocenters. The molecule has 2 aromatic rings. The molecule has 3 heterocycles. The van der Waals surface area contributed by atoms with Gasteiger partial charge in [-0.15, -0.1) is 20.3 Å². The smallest absolute Gasteiger partial charge is 0.220 e. The summed E-state index contributed by atoms with van der Waals surface area (Å²) in [6.07, 6.45) is 9.62. The molecule has 0 amide bonds. The second-order valence-corrected chi connectivity index (χ2v) is 9.00. The van der Waals surface area contributed by atoms with Gasteiger partial charge in [0.15, 0.2) is 18.5 Å². The average Bonchev–Trinajstić information content (AvgIpc) is 3.20. The van der Waals surface area contributed by atoms with Crippen molar-refractivity contribution in [3.8, 4) is 0 Å². The number of aromatic nitrogens is 3. The van der Waals surface area contributed by atoms with Gasteiger partial charge in [0.25, 0.3) is 0 Å². The van der Waals surface area contributed by atoms with Gasteiger partial charge in [-0.1, -0.05) is 47.3 Å². The highest BCUT2D eigenvalue weighted by molar-refractivity contribution is 6.15. The van der Waals surface area contributed by atoms with Crippen molar-refractivity contribution >= 4 is 29.5 Å². The second kappa shape index (κ2) is 8.06. The molecule has 0 spiro atoms. The Hall–Kier alpha value is -3.16. The Labute approximate surface area is 170 Å². The van der Waals surface area contributed by atoms with Gasteiger partial charge in [0.05, 0.1) is 11.3 Å². The average molecular weight is 395 g/mol. The third-order valence-corrected chi connectivity index (χ3v) is 4.12. The zero-order valence-corrected chi connectivity index (χ0v) is 17.7. The van der Waals surface area contributed by atoms with Crippen molar-refractivity contribution in [3.05, 3.63) is 42.5 Å². The summed E-state index contributed by atoms with van der Waals surface area (Å²) in [4.78, 5) is 4.01. The highest BCUT2D eigenvalue weighted by Gasteiger charge is 2.31. The predicted molar refractivity (Wildman–Crippen MR) is 115 cm³/mol. The maximum absolute atomic E-state index is 5.33. The molecule has 8 heteroatoms. The van der Waals surface area contributed by atoms with E-state index in [0.29, 0.717) is 17.1 Å².